The highest BCUT2D eigenvalue weighted by molar-refractivity contribution is 9.10. The van der Waals surface area contributed by atoms with Crippen molar-refractivity contribution in [1.82, 2.24) is 14.9 Å². The minimum atomic E-state index is -4.47. The Bertz CT molecular complexity index is 706. The fourth-order valence-electron chi connectivity index (χ4n) is 2.81. The number of anilines is 1. The Balaban J connectivity index is 1.65. The fraction of sp³-hybridized carbons (Fsp3) is 0.467. The first-order chi connectivity index (χ1) is 11.3. The molecule has 0 aromatic carbocycles. The first-order valence-corrected chi connectivity index (χ1v) is 8.21. The molecule has 0 saturated carbocycles. The molecule has 3 rings (SSSR count). The van der Waals surface area contributed by atoms with Crippen molar-refractivity contribution in [2.45, 2.75) is 25.2 Å². The summed E-state index contributed by atoms with van der Waals surface area (Å²) in [4.78, 5) is 11.3. The van der Waals surface area contributed by atoms with Crippen molar-refractivity contribution in [3.63, 3.8) is 0 Å². The number of hydrogen-bond acceptors (Lipinski definition) is 5. The number of hydrogen-bond donors (Lipinski definition) is 0. The minimum absolute atomic E-state index is 0.0967. The second kappa shape index (κ2) is 6.72. The van der Waals surface area contributed by atoms with Crippen LogP contribution in [0, 0.1) is 0 Å². The van der Waals surface area contributed by atoms with Crippen LogP contribution in [0.4, 0.5) is 19.0 Å². The lowest BCUT2D eigenvalue weighted by molar-refractivity contribution is -0.141. The van der Waals surface area contributed by atoms with Gasteiger partial charge in [-0.1, -0.05) is 0 Å². The van der Waals surface area contributed by atoms with E-state index < -0.39 is 11.9 Å². The van der Waals surface area contributed by atoms with Crippen LogP contribution >= 0.6 is 15.9 Å². The van der Waals surface area contributed by atoms with Crippen LogP contribution < -0.4 is 4.90 Å². The van der Waals surface area contributed by atoms with Crippen LogP contribution in [0.3, 0.4) is 0 Å². The molecule has 0 bridgehead atoms. The van der Waals surface area contributed by atoms with Gasteiger partial charge < -0.3 is 9.32 Å². The quantitative estimate of drug-likeness (QED) is 0.779. The zero-order valence-electron chi connectivity index (χ0n) is 12.9. The molecule has 1 atom stereocenters. The minimum Gasteiger partial charge on any atom is -0.453 e. The van der Waals surface area contributed by atoms with E-state index in [1.54, 1.807) is 11.9 Å². The first kappa shape index (κ1) is 17.2. The van der Waals surface area contributed by atoms with Crippen molar-refractivity contribution in [3.8, 4) is 0 Å². The van der Waals surface area contributed by atoms with Gasteiger partial charge in [0.25, 0.3) is 0 Å². The predicted molar refractivity (Wildman–Crippen MR) is 85.5 cm³/mol. The number of nitrogens with zero attached hydrogens (tertiary/aromatic N) is 4. The van der Waals surface area contributed by atoms with E-state index in [9.17, 15) is 13.2 Å². The Hall–Kier alpha value is -1.61. The number of rotatable bonds is 4. The highest BCUT2D eigenvalue weighted by Gasteiger charge is 2.34. The van der Waals surface area contributed by atoms with Gasteiger partial charge in [0.1, 0.15) is 23.6 Å². The molecular weight excluding hydrogens is 389 g/mol. The summed E-state index contributed by atoms with van der Waals surface area (Å²) in [7, 11) is 1.76. The molecular formula is C15H16BrF3N4O. The van der Waals surface area contributed by atoms with E-state index in [1.165, 1.54) is 0 Å². The molecule has 1 saturated heterocycles. The first-order valence-electron chi connectivity index (χ1n) is 7.41. The summed E-state index contributed by atoms with van der Waals surface area (Å²) in [6, 6.07) is 4.83. The summed E-state index contributed by atoms with van der Waals surface area (Å²) in [6.45, 7) is 2.26. The fourth-order valence-corrected chi connectivity index (χ4v) is 3.15. The summed E-state index contributed by atoms with van der Waals surface area (Å²) in [5.74, 6) is 1.14. The van der Waals surface area contributed by atoms with Crippen LogP contribution in [0.2, 0.25) is 0 Å². The van der Waals surface area contributed by atoms with Gasteiger partial charge in [-0.05, 0) is 34.5 Å². The number of likely N-dealkylation sites (tertiary alicyclic amines) is 1. The third-order valence-corrected chi connectivity index (χ3v) is 4.53. The molecule has 130 valence electrons. The molecule has 1 aliphatic rings. The average molecular weight is 405 g/mol. The van der Waals surface area contributed by atoms with Gasteiger partial charge in [-0.25, -0.2) is 9.97 Å². The molecule has 9 heteroatoms. The maximum Gasteiger partial charge on any atom is 0.433 e. The van der Waals surface area contributed by atoms with Gasteiger partial charge in [0.2, 0.25) is 0 Å². The van der Waals surface area contributed by atoms with Crippen LogP contribution in [-0.2, 0) is 12.7 Å². The van der Waals surface area contributed by atoms with Crippen LogP contribution in [0.5, 0.6) is 0 Å². The largest absolute Gasteiger partial charge is 0.453 e. The van der Waals surface area contributed by atoms with E-state index in [0.29, 0.717) is 11.2 Å². The number of halogens is 4. The number of likely N-dealkylation sites (N-methyl/N-ethyl adjacent to an activating group) is 1. The standard InChI is InChI=1S/C15H16BrF3N4O/c1-22(14-6-12(15(17,18)19)20-9-21-14)10-4-5-23(7-10)8-11-2-3-13(16)24-11/h2-3,6,9-10H,4-5,7-8H2,1H3. The van der Waals surface area contributed by atoms with Crippen molar-refractivity contribution < 1.29 is 17.6 Å². The third kappa shape index (κ3) is 3.89. The molecule has 3 heterocycles. The second-order valence-electron chi connectivity index (χ2n) is 5.75. The summed E-state index contributed by atoms with van der Waals surface area (Å²) in [5.41, 5.74) is -0.922. The number of furan rings is 1. The van der Waals surface area contributed by atoms with Crippen molar-refractivity contribution in [2.75, 3.05) is 25.0 Å². The summed E-state index contributed by atoms with van der Waals surface area (Å²) < 4.78 is 44.5. The van der Waals surface area contributed by atoms with Gasteiger partial charge in [0.15, 0.2) is 4.67 Å². The Morgan fingerprint density at radius 3 is 2.83 bits per heavy atom. The number of aromatic nitrogens is 2. The average Bonchev–Trinajstić information content (AvgIpc) is 3.15. The van der Waals surface area contributed by atoms with Crippen LogP contribution in [-0.4, -0.2) is 41.0 Å². The molecule has 2 aromatic rings. The Kier molecular flexibility index (Phi) is 4.82. The Morgan fingerprint density at radius 1 is 1.38 bits per heavy atom. The molecule has 0 aliphatic carbocycles. The molecule has 2 aromatic heterocycles. The van der Waals surface area contributed by atoms with Crippen LogP contribution in [0.1, 0.15) is 17.9 Å². The molecule has 5 nitrogen and oxygen atoms in total. The Labute approximate surface area is 145 Å². The van der Waals surface area contributed by atoms with E-state index in [0.717, 1.165) is 37.7 Å². The van der Waals surface area contributed by atoms with Gasteiger partial charge in [-0.15, -0.1) is 0 Å². The highest BCUT2D eigenvalue weighted by atomic mass is 79.9. The van der Waals surface area contributed by atoms with Crippen molar-refractivity contribution in [1.29, 1.82) is 0 Å². The van der Waals surface area contributed by atoms with Gasteiger partial charge in [-0.2, -0.15) is 13.2 Å². The summed E-state index contributed by atoms with van der Waals surface area (Å²) in [5, 5.41) is 0. The molecule has 0 radical (unpaired) electrons. The lowest BCUT2D eigenvalue weighted by atomic mass is 10.2. The topological polar surface area (TPSA) is 45.4 Å². The lowest BCUT2D eigenvalue weighted by Gasteiger charge is -2.26. The molecule has 1 aliphatic heterocycles. The van der Waals surface area contributed by atoms with Crippen molar-refractivity contribution >= 4 is 21.7 Å². The predicted octanol–water partition coefficient (Wildman–Crippen LogP) is 3.56. The maximum atomic E-state index is 12.8. The maximum absolute atomic E-state index is 12.8. The van der Waals surface area contributed by atoms with Crippen molar-refractivity contribution in [2.24, 2.45) is 0 Å². The van der Waals surface area contributed by atoms with Gasteiger partial charge in [-0.3, -0.25) is 4.90 Å². The lowest BCUT2D eigenvalue weighted by Crippen LogP contribution is -2.35. The van der Waals surface area contributed by atoms with Gasteiger partial charge in [0.05, 0.1) is 6.54 Å². The molecule has 0 spiro atoms. The van der Waals surface area contributed by atoms with Gasteiger partial charge >= 0.3 is 6.18 Å². The van der Waals surface area contributed by atoms with Crippen LogP contribution in [0.15, 0.2) is 33.6 Å². The molecule has 1 unspecified atom stereocenters. The second-order valence-corrected chi connectivity index (χ2v) is 6.54. The van der Waals surface area contributed by atoms with E-state index in [1.807, 2.05) is 12.1 Å². The zero-order chi connectivity index (χ0) is 17.3. The molecule has 1 fully saturated rings. The van der Waals surface area contributed by atoms with E-state index in [2.05, 4.69) is 30.8 Å². The van der Waals surface area contributed by atoms with E-state index in [-0.39, 0.29) is 11.9 Å². The Morgan fingerprint density at radius 2 is 2.17 bits per heavy atom. The highest BCUT2D eigenvalue weighted by Crippen LogP contribution is 2.30. The molecule has 0 N–H and O–H groups in total. The van der Waals surface area contributed by atoms with Crippen LogP contribution in [0.25, 0.3) is 0 Å². The normalized spacial score (nSPS) is 19.0. The van der Waals surface area contributed by atoms with E-state index in [4.69, 9.17) is 4.42 Å². The SMILES string of the molecule is CN(c1cc(C(F)(F)F)ncn1)C1CCN(Cc2ccc(Br)o2)C1. The number of alkyl halides is 3. The van der Waals surface area contributed by atoms with Crippen molar-refractivity contribution in [3.05, 3.63) is 40.7 Å². The molecule has 0 amide bonds. The van der Waals surface area contributed by atoms with E-state index >= 15 is 0 Å². The monoisotopic (exact) mass is 404 g/mol. The summed E-state index contributed by atoms with van der Waals surface area (Å²) in [6.07, 6.45) is -2.65. The zero-order valence-corrected chi connectivity index (χ0v) is 14.5. The van der Waals surface area contributed by atoms with Gasteiger partial charge in [0, 0.05) is 32.2 Å². The molecule has 24 heavy (non-hydrogen) atoms. The summed E-state index contributed by atoms with van der Waals surface area (Å²) >= 11 is 3.27. The third-order valence-electron chi connectivity index (χ3n) is 4.11. The smallest absolute Gasteiger partial charge is 0.433 e.